The highest BCUT2D eigenvalue weighted by molar-refractivity contribution is 6.02. The Hall–Kier alpha value is -3.29. The molecule has 2 aromatic rings. The van der Waals surface area contributed by atoms with Crippen molar-refractivity contribution in [1.82, 2.24) is 0 Å². The zero-order valence-electron chi connectivity index (χ0n) is 22.2. The Morgan fingerprint density at radius 1 is 1.00 bits per heavy atom. The number of anilines is 3. The van der Waals surface area contributed by atoms with Crippen LogP contribution >= 0.6 is 0 Å². The summed E-state index contributed by atoms with van der Waals surface area (Å²) in [6.07, 6.45) is 0.272. The van der Waals surface area contributed by atoms with Gasteiger partial charge in [0.15, 0.2) is 0 Å². The second-order valence-corrected chi connectivity index (χ2v) is 9.82. The first-order chi connectivity index (χ1) is 17.0. The van der Waals surface area contributed by atoms with Crippen molar-refractivity contribution in [2.45, 2.75) is 60.3 Å². The second-order valence-electron chi connectivity index (χ2n) is 9.82. The van der Waals surface area contributed by atoms with Gasteiger partial charge in [-0.05, 0) is 73.1 Å². The van der Waals surface area contributed by atoms with Gasteiger partial charge in [0.2, 0.25) is 0 Å². The molecule has 2 amide bonds. The highest BCUT2D eigenvalue weighted by Crippen LogP contribution is 2.36. The summed E-state index contributed by atoms with van der Waals surface area (Å²) in [6.45, 7) is 14.0. The molecular weight excluding hydrogens is 461 g/mol. The second kappa shape index (κ2) is 13.7. The number of ether oxygens (including phenoxy) is 1. The average Bonchev–Trinajstić information content (AvgIpc) is 2.78. The number of carbonyl (C=O) groups excluding carboxylic acids is 1. The van der Waals surface area contributed by atoms with Crippen molar-refractivity contribution in [1.29, 1.82) is 0 Å². The number of halogens is 1. The van der Waals surface area contributed by atoms with Crippen LogP contribution in [-0.4, -0.2) is 36.8 Å². The molecule has 198 valence electrons. The Morgan fingerprint density at radius 2 is 1.61 bits per heavy atom. The molecule has 0 saturated carbocycles. The van der Waals surface area contributed by atoms with Gasteiger partial charge in [0.05, 0.1) is 24.4 Å². The van der Waals surface area contributed by atoms with E-state index in [0.29, 0.717) is 60.8 Å². The fourth-order valence-electron chi connectivity index (χ4n) is 4.18. The largest absolute Gasteiger partial charge is 0.494 e. The molecule has 0 radical (unpaired) electrons. The third kappa shape index (κ3) is 8.73. The van der Waals surface area contributed by atoms with Crippen LogP contribution in [0.2, 0.25) is 0 Å². The van der Waals surface area contributed by atoms with Crippen LogP contribution in [-0.2, 0) is 4.79 Å². The molecule has 0 saturated heterocycles. The number of rotatable bonds is 13. The molecule has 0 fully saturated rings. The molecule has 2 aromatic carbocycles. The van der Waals surface area contributed by atoms with Crippen molar-refractivity contribution in [2.24, 2.45) is 11.8 Å². The van der Waals surface area contributed by atoms with Crippen molar-refractivity contribution < 1.29 is 23.8 Å². The molecule has 1 atom stereocenters. The number of aliphatic carboxylic acids is 1. The first kappa shape index (κ1) is 28.9. The highest BCUT2D eigenvalue weighted by atomic mass is 19.1. The van der Waals surface area contributed by atoms with E-state index in [1.54, 1.807) is 30.3 Å². The van der Waals surface area contributed by atoms with E-state index in [4.69, 9.17) is 4.74 Å². The normalized spacial score (nSPS) is 11.9. The molecule has 8 heteroatoms. The predicted octanol–water partition coefficient (Wildman–Crippen LogP) is 6.96. The minimum Gasteiger partial charge on any atom is -0.494 e. The van der Waals surface area contributed by atoms with Crippen molar-refractivity contribution >= 4 is 29.1 Å². The Balaban J connectivity index is 2.45. The van der Waals surface area contributed by atoms with Gasteiger partial charge in [-0.15, -0.1) is 0 Å². The van der Waals surface area contributed by atoms with Crippen molar-refractivity contribution in [3.63, 3.8) is 0 Å². The van der Waals surface area contributed by atoms with E-state index in [0.717, 1.165) is 0 Å². The summed E-state index contributed by atoms with van der Waals surface area (Å²) in [5.41, 5.74) is 1.89. The Labute approximate surface area is 214 Å². The molecule has 36 heavy (non-hydrogen) atoms. The van der Waals surface area contributed by atoms with Crippen LogP contribution in [0.15, 0.2) is 36.4 Å². The fraction of sp³-hybridized carbons (Fsp3) is 0.500. The maximum absolute atomic E-state index is 15.4. The summed E-state index contributed by atoms with van der Waals surface area (Å²) in [7, 11) is 0. The topological polar surface area (TPSA) is 90.9 Å². The quantitative estimate of drug-likeness (QED) is 0.276. The molecular formula is C28H40FN3O4. The number of amides is 2. The molecule has 2 rings (SSSR count). The van der Waals surface area contributed by atoms with Crippen molar-refractivity contribution in [3.05, 3.63) is 47.8 Å². The van der Waals surface area contributed by atoms with Gasteiger partial charge >= 0.3 is 12.0 Å². The summed E-state index contributed by atoms with van der Waals surface area (Å²) < 4.78 is 20.8. The van der Waals surface area contributed by atoms with Crippen LogP contribution in [0.5, 0.6) is 5.75 Å². The smallest absolute Gasteiger partial charge is 0.323 e. The fourth-order valence-corrected chi connectivity index (χ4v) is 4.18. The van der Waals surface area contributed by atoms with Gasteiger partial charge in [-0.3, -0.25) is 4.79 Å². The Bertz CT molecular complexity index is 999. The van der Waals surface area contributed by atoms with Crippen LogP contribution in [0.4, 0.5) is 26.2 Å². The SMILES string of the molecule is CCOc1ccc(NC(=O)Nc2cc(C(CC)CC(=O)O)c(F)cc2N(CC(C)C)CC(C)C)cc1. The molecule has 0 aliphatic heterocycles. The van der Waals surface area contributed by atoms with Gasteiger partial charge in [0.1, 0.15) is 11.6 Å². The van der Waals surface area contributed by atoms with E-state index in [1.807, 2.05) is 13.8 Å². The van der Waals surface area contributed by atoms with Crippen LogP contribution < -0.4 is 20.3 Å². The van der Waals surface area contributed by atoms with E-state index < -0.39 is 23.7 Å². The summed E-state index contributed by atoms with van der Waals surface area (Å²) in [6, 6.07) is 9.57. The van der Waals surface area contributed by atoms with E-state index in [2.05, 4.69) is 43.2 Å². The summed E-state index contributed by atoms with van der Waals surface area (Å²) in [5.74, 6) is -0.631. The first-order valence-electron chi connectivity index (χ1n) is 12.6. The van der Waals surface area contributed by atoms with Gasteiger partial charge < -0.3 is 25.4 Å². The zero-order chi connectivity index (χ0) is 26.8. The lowest BCUT2D eigenvalue weighted by molar-refractivity contribution is -0.137. The van der Waals surface area contributed by atoms with E-state index in [1.165, 1.54) is 6.07 Å². The zero-order valence-corrected chi connectivity index (χ0v) is 22.2. The molecule has 0 aliphatic carbocycles. The lowest BCUT2D eigenvalue weighted by Crippen LogP contribution is -2.33. The molecule has 0 spiro atoms. The van der Waals surface area contributed by atoms with Crippen LogP contribution in [0.3, 0.4) is 0 Å². The summed E-state index contributed by atoms with van der Waals surface area (Å²) >= 11 is 0. The third-order valence-corrected chi connectivity index (χ3v) is 5.65. The number of benzene rings is 2. The van der Waals surface area contributed by atoms with Crippen LogP contribution in [0, 0.1) is 17.7 Å². The van der Waals surface area contributed by atoms with Gasteiger partial charge in [-0.2, -0.15) is 0 Å². The average molecular weight is 502 g/mol. The molecule has 0 aliphatic rings. The molecule has 7 nitrogen and oxygen atoms in total. The van der Waals surface area contributed by atoms with Crippen LogP contribution in [0.1, 0.15) is 65.9 Å². The summed E-state index contributed by atoms with van der Waals surface area (Å²) in [4.78, 5) is 26.4. The molecule has 3 N–H and O–H groups in total. The molecule has 0 aromatic heterocycles. The lowest BCUT2D eigenvalue weighted by atomic mass is 9.91. The summed E-state index contributed by atoms with van der Waals surface area (Å²) in [5, 5.41) is 15.0. The predicted molar refractivity (Wildman–Crippen MR) is 144 cm³/mol. The lowest BCUT2D eigenvalue weighted by Gasteiger charge is -2.31. The number of carbonyl (C=O) groups is 2. The third-order valence-electron chi connectivity index (χ3n) is 5.65. The van der Waals surface area contributed by atoms with Gasteiger partial charge in [0.25, 0.3) is 0 Å². The van der Waals surface area contributed by atoms with E-state index in [9.17, 15) is 14.7 Å². The monoisotopic (exact) mass is 501 g/mol. The van der Waals surface area contributed by atoms with E-state index in [-0.39, 0.29) is 12.0 Å². The van der Waals surface area contributed by atoms with Gasteiger partial charge in [0, 0.05) is 18.8 Å². The maximum Gasteiger partial charge on any atom is 0.323 e. The van der Waals surface area contributed by atoms with E-state index >= 15 is 4.39 Å². The number of carboxylic acids is 1. The first-order valence-corrected chi connectivity index (χ1v) is 12.6. The molecule has 1 unspecified atom stereocenters. The minimum atomic E-state index is -0.991. The van der Waals surface area contributed by atoms with Gasteiger partial charge in [-0.25, -0.2) is 9.18 Å². The molecule has 0 bridgehead atoms. The maximum atomic E-state index is 15.4. The van der Waals surface area contributed by atoms with Gasteiger partial charge in [-0.1, -0.05) is 34.6 Å². The van der Waals surface area contributed by atoms with Crippen LogP contribution in [0.25, 0.3) is 0 Å². The molecule has 0 heterocycles. The highest BCUT2D eigenvalue weighted by Gasteiger charge is 2.23. The van der Waals surface area contributed by atoms with Crippen molar-refractivity contribution in [2.75, 3.05) is 35.2 Å². The number of nitrogens with zero attached hydrogens (tertiary/aromatic N) is 1. The Kier molecular flexibility index (Phi) is 11.0. The number of hydrogen-bond acceptors (Lipinski definition) is 4. The minimum absolute atomic E-state index is 0.188. The number of nitrogens with one attached hydrogen (secondary N) is 2. The standard InChI is InChI=1S/C28H40FN3O4/c1-7-20(13-27(33)34)23-14-25(26(15-24(23)29)32(16-18(3)4)17-19(5)6)31-28(35)30-21-9-11-22(12-10-21)36-8-2/h9-12,14-15,18-20H,7-8,13,16-17H2,1-6H3,(H,33,34)(H2,30,31,35). The number of carboxylic acid groups (broad SMARTS) is 1. The number of hydrogen-bond donors (Lipinski definition) is 3. The van der Waals surface area contributed by atoms with Crippen molar-refractivity contribution in [3.8, 4) is 5.75 Å². The Morgan fingerprint density at radius 3 is 2.11 bits per heavy atom. The number of urea groups is 1.